The van der Waals surface area contributed by atoms with Gasteiger partial charge in [-0.05, 0) is 96.5 Å². The van der Waals surface area contributed by atoms with Crippen molar-refractivity contribution in [3.63, 3.8) is 0 Å². The van der Waals surface area contributed by atoms with Gasteiger partial charge >= 0.3 is 22.7 Å². The van der Waals surface area contributed by atoms with Crippen molar-refractivity contribution in [1.29, 1.82) is 0 Å². The van der Waals surface area contributed by atoms with Crippen LogP contribution in [-0.4, -0.2) is 9.97 Å². The zero-order valence-electron chi connectivity index (χ0n) is 34.9. The van der Waals surface area contributed by atoms with Gasteiger partial charge in [-0.3, -0.25) is 0 Å². The molecule has 0 unspecified atom stereocenters. The van der Waals surface area contributed by atoms with Gasteiger partial charge in [-0.1, -0.05) is 144 Å². The van der Waals surface area contributed by atoms with E-state index < -0.39 is 11.7 Å². The molecule has 0 amide bonds. The molecule has 0 atom stereocenters. The fourth-order valence-corrected chi connectivity index (χ4v) is 7.11. The van der Waals surface area contributed by atoms with Crippen molar-refractivity contribution in [2.75, 3.05) is 0 Å². The molecule has 298 valence electrons. The number of aromatic nitrogens is 4. The Bertz CT molecular complexity index is 2540. The predicted octanol–water partition coefficient (Wildman–Crippen LogP) is 13.5. The van der Waals surface area contributed by atoms with Gasteiger partial charge in [0.15, 0.2) is 0 Å². The second-order valence-corrected chi connectivity index (χ2v) is 19.3. The van der Waals surface area contributed by atoms with Crippen LogP contribution in [0, 0.1) is 0 Å². The summed E-state index contributed by atoms with van der Waals surface area (Å²) < 4.78 is 44.9. The molecule has 7 rings (SSSR count). The summed E-state index contributed by atoms with van der Waals surface area (Å²) in [5.41, 5.74) is 9.63. The Labute approximate surface area is 345 Å². The molecule has 8 heteroatoms. The molecule has 0 saturated heterocycles. The third-order valence-electron chi connectivity index (χ3n) is 10.6. The summed E-state index contributed by atoms with van der Waals surface area (Å²) in [6.45, 7) is 26.0. The first-order valence-electron chi connectivity index (χ1n) is 19.3. The van der Waals surface area contributed by atoms with Gasteiger partial charge in [-0.25, -0.2) is 9.97 Å². The molecular weight excluding hydrogens is 760 g/mol. The third-order valence-corrected chi connectivity index (χ3v) is 10.6. The quantitative estimate of drug-likeness (QED) is 0.163. The van der Waals surface area contributed by atoms with Crippen LogP contribution in [-0.2, 0) is 44.3 Å². The zero-order chi connectivity index (χ0) is 40.7. The summed E-state index contributed by atoms with van der Waals surface area (Å²) in [5, 5.41) is 0. The molecule has 4 nitrogen and oxygen atoms in total. The molecule has 0 spiro atoms. The van der Waals surface area contributed by atoms with Gasteiger partial charge < -0.3 is 9.97 Å². The fraction of sp³-hybridized carbons (Fsp3) is 0.347. The van der Waals surface area contributed by atoms with E-state index in [2.05, 4.69) is 119 Å². The predicted molar refractivity (Wildman–Crippen MR) is 227 cm³/mol. The maximum absolute atomic E-state index is 15.0. The van der Waals surface area contributed by atoms with E-state index in [1.807, 2.05) is 36.4 Å². The number of nitrogens with zero attached hydrogens (tertiary/aromatic N) is 4. The maximum Gasteiger partial charge on any atom is 2.00 e. The molecule has 0 saturated carbocycles. The Kier molecular flexibility index (Phi) is 10.5. The Hall–Kier alpha value is -4.68. The summed E-state index contributed by atoms with van der Waals surface area (Å²) >= 11 is 0. The van der Waals surface area contributed by atoms with E-state index in [4.69, 9.17) is 19.9 Å². The van der Waals surface area contributed by atoms with E-state index in [0.29, 0.717) is 28.0 Å². The Morgan fingerprint density at radius 1 is 0.439 bits per heavy atom. The van der Waals surface area contributed by atoms with Crippen LogP contribution < -0.4 is 9.97 Å². The average molecular weight is 812 g/mol. The fourth-order valence-electron chi connectivity index (χ4n) is 7.11. The minimum absolute atomic E-state index is 0. The van der Waals surface area contributed by atoms with Gasteiger partial charge in [-0.15, -0.1) is 22.1 Å². The van der Waals surface area contributed by atoms with E-state index in [9.17, 15) is 13.2 Å². The summed E-state index contributed by atoms with van der Waals surface area (Å²) in [5.74, 6) is 0. The molecule has 0 radical (unpaired) electrons. The molecule has 2 aliphatic heterocycles. The molecule has 8 bridgehead atoms. The summed E-state index contributed by atoms with van der Waals surface area (Å²) in [6, 6.07) is 21.1. The van der Waals surface area contributed by atoms with Crippen LogP contribution in [0.5, 0.6) is 0 Å². The van der Waals surface area contributed by atoms with Gasteiger partial charge in [-0.2, -0.15) is 13.2 Å². The number of rotatable bonds is 2. The third kappa shape index (κ3) is 8.62. The molecule has 5 aromatic rings. The number of alkyl halides is 3. The molecule has 2 aromatic carbocycles. The SMILES string of the molecule is CC(C)(C)c1cc(-c2c3nc(cc4nc(c(-c5cc(C(C)(C)C)cc(C(C)(C)C)c5)c5cc(C(F)(F)F)c(cc6ccc2[n-]6)[n-]5)C=C4)C=C3)cc(C(C)(C)C)c1.[Ni+2]. The van der Waals surface area contributed by atoms with Crippen LogP contribution in [0.2, 0.25) is 0 Å². The number of hydrogen-bond donors (Lipinski definition) is 0. The van der Waals surface area contributed by atoms with Gasteiger partial charge in [0.1, 0.15) is 0 Å². The number of hydrogen-bond acceptors (Lipinski definition) is 2. The summed E-state index contributed by atoms with van der Waals surface area (Å²) in [6.07, 6.45) is 3.05. The van der Waals surface area contributed by atoms with Crippen LogP contribution in [0.4, 0.5) is 13.2 Å². The minimum atomic E-state index is -4.66. The molecule has 5 heterocycles. The Morgan fingerprint density at radius 2 is 0.860 bits per heavy atom. The van der Waals surface area contributed by atoms with Crippen molar-refractivity contribution in [1.82, 2.24) is 19.9 Å². The van der Waals surface area contributed by atoms with E-state index in [1.54, 1.807) is 6.07 Å². The molecular formula is C49H51F3N4Ni. The Balaban J connectivity index is 0.00000549. The van der Waals surface area contributed by atoms with Gasteiger partial charge in [0.2, 0.25) is 0 Å². The van der Waals surface area contributed by atoms with E-state index in [1.165, 1.54) is 17.2 Å². The maximum atomic E-state index is 15.0. The van der Waals surface area contributed by atoms with Crippen molar-refractivity contribution in [3.8, 4) is 22.3 Å². The van der Waals surface area contributed by atoms with Crippen LogP contribution in [0.3, 0.4) is 0 Å². The van der Waals surface area contributed by atoms with Crippen molar-refractivity contribution in [2.45, 2.75) is 111 Å². The molecule has 0 N–H and O–H groups in total. The van der Waals surface area contributed by atoms with Crippen LogP contribution >= 0.6 is 0 Å². The second kappa shape index (κ2) is 14.3. The van der Waals surface area contributed by atoms with Crippen LogP contribution in [0.15, 0.2) is 66.7 Å². The largest absolute Gasteiger partial charge is 2.00 e. The number of halogens is 3. The monoisotopic (exact) mass is 810 g/mol. The normalized spacial score (nSPS) is 13.6. The van der Waals surface area contributed by atoms with E-state index >= 15 is 0 Å². The van der Waals surface area contributed by atoms with Gasteiger partial charge in [0.25, 0.3) is 0 Å². The first-order valence-corrected chi connectivity index (χ1v) is 19.3. The molecule has 0 fully saturated rings. The smallest absolute Gasteiger partial charge is 0.657 e. The standard InChI is InChI=1S/C49H51F3N4.Ni/c1-45(2,3)30-19-28(20-31(23-30)46(4,5)6)43-38-16-13-34(53-38)25-35-14-17-40(54-35)44(29-21-32(47(7,8)9)24-33(22-29)48(10,11)12)42-27-37(49(50,51)52)41(56-42)26-36-15-18-39(43)55-36;/h13-27H,1-12H3;/q-2;+2. The van der Waals surface area contributed by atoms with Crippen molar-refractivity contribution < 1.29 is 29.7 Å². The van der Waals surface area contributed by atoms with Gasteiger partial charge in [0.05, 0.1) is 22.8 Å². The topological polar surface area (TPSA) is 54.0 Å². The molecule has 57 heavy (non-hydrogen) atoms. The molecule has 3 aromatic heterocycles. The molecule has 0 aliphatic carbocycles. The second-order valence-electron chi connectivity index (χ2n) is 19.3. The first kappa shape index (κ1) is 41.9. The first-order chi connectivity index (χ1) is 25.8. The van der Waals surface area contributed by atoms with Gasteiger partial charge in [0, 0.05) is 5.56 Å². The van der Waals surface area contributed by atoms with Crippen molar-refractivity contribution >= 4 is 46.4 Å². The van der Waals surface area contributed by atoms with Crippen molar-refractivity contribution in [3.05, 3.63) is 117 Å². The van der Waals surface area contributed by atoms with E-state index in [0.717, 1.165) is 45.3 Å². The van der Waals surface area contributed by atoms with E-state index in [-0.39, 0.29) is 49.2 Å². The summed E-state index contributed by atoms with van der Waals surface area (Å²) in [7, 11) is 0. The summed E-state index contributed by atoms with van der Waals surface area (Å²) in [4.78, 5) is 19.9. The van der Waals surface area contributed by atoms with Crippen LogP contribution in [0.25, 0.3) is 68.6 Å². The minimum Gasteiger partial charge on any atom is -0.657 e. The number of fused-ring (bicyclic) bond motifs is 8. The molecule has 2 aliphatic rings. The number of benzene rings is 2. The Morgan fingerprint density at radius 3 is 1.26 bits per heavy atom. The zero-order valence-corrected chi connectivity index (χ0v) is 35.9. The van der Waals surface area contributed by atoms with Crippen molar-refractivity contribution in [2.24, 2.45) is 0 Å². The average Bonchev–Trinajstić information content (AvgIpc) is 3.89. The van der Waals surface area contributed by atoms with Crippen LogP contribution in [0.1, 0.15) is 134 Å².